The Morgan fingerprint density at radius 3 is 1.43 bits per heavy atom. The van der Waals surface area contributed by atoms with Gasteiger partial charge in [0, 0.05) is 41.8 Å². The first-order valence-corrected chi connectivity index (χ1v) is 12.9. The second-order valence-electron chi connectivity index (χ2n) is 10.2. The van der Waals surface area contributed by atoms with Crippen LogP contribution in [0.25, 0.3) is 21.8 Å². The number of aromatic hydroxyl groups is 2. The van der Waals surface area contributed by atoms with Gasteiger partial charge in [-0.2, -0.15) is 26.3 Å². The summed E-state index contributed by atoms with van der Waals surface area (Å²) < 4.78 is 81.7. The zero-order chi connectivity index (χ0) is 30.4. The molecule has 0 saturated carbocycles. The summed E-state index contributed by atoms with van der Waals surface area (Å²) >= 11 is 0. The van der Waals surface area contributed by atoms with Crippen LogP contribution < -0.4 is 0 Å². The van der Waals surface area contributed by atoms with E-state index in [1.54, 1.807) is 55.1 Å². The van der Waals surface area contributed by atoms with Gasteiger partial charge in [0.2, 0.25) is 0 Å². The molecule has 2 N–H and O–H groups in total. The van der Waals surface area contributed by atoms with Crippen LogP contribution in [0.4, 0.5) is 26.3 Å². The Kier molecular flexibility index (Phi) is 7.48. The minimum atomic E-state index is -4.98. The number of phenolic OH excluding ortho intramolecular Hbond substituents is 2. The first-order chi connectivity index (χ1) is 19.7. The van der Waals surface area contributed by atoms with Crippen molar-refractivity contribution >= 4 is 21.8 Å². The van der Waals surface area contributed by atoms with Gasteiger partial charge >= 0.3 is 12.4 Å². The quantitative estimate of drug-likeness (QED) is 0.197. The van der Waals surface area contributed by atoms with Gasteiger partial charge in [0.15, 0.2) is 0 Å². The van der Waals surface area contributed by atoms with E-state index in [0.29, 0.717) is 44.3 Å². The molecule has 2 aromatic heterocycles. The normalized spacial score (nSPS) is 12.5. The lowest BCUT2D eigenvalue weighted by Gasteiger charge is -2.25. The SMILES string of the molecule is Cc1ccc2c(CN(Cc3cc(C(F)(F)F)cc(C(F)(F)F)c3)Cc3ccc(O)c4nc(C)ccc34)ccc(O)c2n1. The maximum Gasteiger partial charge on any atom is 0.416 e. The first kappa shape index (κ1) is 29.1. The molecule has 0 aliphatic rings. The summed E-state index contributed by atoms with van der Waals surface area (Å²) in [4.78, 5) is 10.5. The Hall–Kier alpha value is -4.38. The van der Waals surface area contributed by atoms with Crippen molar-refractivity contribution in [2.24, 2.45) is 0 Å². The molecular weight excluding hydrogens is 560 g/mol. The molecule has 3 aromatic carbocycles. The Balaban J connectivity index is 1.62. The fourth-order valence-corrected chi connectivity index (χ4v) is 5.01. The number of hydrogen-bond acceptors (Lipinski definition) is 5. The molecule has 0 radical (unpaired) electrons. The van der Waals surface area contributed by atoms with Gasteiger partial charge in [-0.3, -0.25) is 4.90 Å². The molecule has 5 nitrogen and oxygen atoms in total. The Labute approximate surface area is 236 Å². The number of nitrogens with zero attached hydrogens (tertiary/aromatic N) is 3. The number of phenols is 2. The second-order valence-corrected chi connectivity index (χ2v) is 10.2. The lowest BCUT2D eigenvalue weighted by Crippen LogP contribution is -2.23. The predicted octanol–water partition coefficient (Wildman–Crippen LogP) is 8.05. The van der Waals surface area contributed by atoms with Crippen LogP contribution in [0.5, 0.6) is 11.5 Å². The fourth-order valence-electron chi connectivity index (χ4n) is 5.01. The van der Waals surface area contributed by atoms with Gasteiger partial charge in [-0.15, -0.1) is 0 Å². The zero-order valence-electron chi connectivity index (χ0n) is 22.5. The van der Waals surface area contributed by atoms with E-state index >= 15 is 0 Å². The monoisotopic (exact) mass is 585 g/mol. The van der Waals surface area contributed by atoms with Gasteiger partial charge in [0.25, 0.3) is 0 Å². The van der Waals surface area contributed by atoms with Crippen LogP contribution in [-0.2, 0) is 32.0 Å². The number of benzene rings is 3. The van der Waals surface area contributed by atoms with Gasteiger partial charge in [0.05, 0.1) is 11.1 Å². The van der Waals surface area contributed by atoms with Crippen LogP contribution >= 0.6 is 0 Å². The van der Waals surface area contributed by atoms with E-state index in [9.17, 15) is 36.6 Å². The van der Waals surface area contributed by atoms with Crippen LogP contribution in [0.3, 0.4) is 0 Å². The predicted molar refractivity (Wildman–Crippen MR) is 146 cm³/mol. The van der Waals surface area contributed by atoms with Crippen LogP contribution in [0.2, 0.25) is 0 Å². The van der Waals surface area contributed by atoms with Gasteiger partial charge in [-0.25, -0.2) is 9.97 Å². The number of aromatic nitrogens is 2. The topological polar surface area (TPSA) is 69.5 Å². The van der Waals surface area contributed by atoms with Crippen molar-refractivity contribution in [1.82, 2.24) is 14.9 Å². The van der Waals surface area contributed by atoms with Crippen molar-refractivity contribution in [2.45, 2.75) is 45.8 Å². The molecule has 0 saturated heterocycles. The Morgan fingerprint density at radius 1 is 0.595 bits per heavy atom. The number of rotatable bonds is 6. The molecule has 5 rings (SSSR count). The summed E-state index contributed by atoms with van der Waals surface area (Å²) in [5.41, 5.74) is 0.356. The van der Waals surface area contributed by atoms with E-state index in [2.05, 4.69) is 9.97 Å². The van der Waals surface area contributed by atoms with Crippen molar-refractivity contribution in [1.29, 1.82) is 0 Å². The second kappa shape index (κ2) is 10.8. The van der Waals surface area contributed by atoms with E-state index in [0.717, 1.165) is 12.1 Å². The number of halogens is 6. The largest absolute Gasteiger partial charge is 0.506 e. The van der Waals surface area contributed by atoms with Gasteiger partial charge in [-0.1, -0.05) is 24.3 Å². The van der Waals surface area contributed by atoms with Gasteiger partial charge in [-0.05, 0) is 73.0 Å². The molecule has 0 aliphatic heterocycles. The zero-order valence-corrected chi connectivity index (χ0v) is 22.5. The highest BCUT2D eigenvalue weighted by atomic mass is 19.4. The van der Waals surface area contributed by atoms with Crippen LogP contribution in [0.1, 0.15) is 39.2 Å². The third-order valence-corrected chi connectivity index (χ3v) is 6.97. The number of pyridine rings is 2. The smallest absolute Gasteiger partial charge is 0.416 e. The van der Waals surface area contributed by atoms with Crippen molar-refractivity contribution in [3.8, 4) is 11.5 Å². The van der Waals surface area contributed by atoms with Crippen molar-refractivity contribution in [3.63, 3.8) is 0 Å². The number of fused-ring (bicyclic) bond motifs is 2. The summed E-state index contributed by atoms with van der Waals surface area (Å²) in [5, 5.41) is 22.0. The molecule has 0 atom stereocenters. The lowest BCUT2D eigenvalue weighted by molar-refractivity contribution is -0.143. The maximum absolute atomic E-state index is 13.6. The van der Waals surface area contributed by atoms with Gasteiger partial charge < -0.3 is 10.2 Å². The van der Waals surface area contributed by atoms with E-state index < -0.39 is 23.5 Å². The minimum absolute atomic E-state index is 0.0531. The molecule has 2 heterocycles. The van der Waals surface area contributed by atoms with Crippen LogP contribution in [0, 0.1) is 13.8 Å². The third kappa shape index (κ3) is 6.11. The summed E-state index contributed by atoms with van der Waals surface area (Å²) in [5.74, 6) is -0.106. The number of alkyl halides is 6. The fraction of sp³-hybridized carbons (Fsp3) is 0.226. The minimum Gasteiger partial charge on any atom is -0.506 e. The highest BCUT2D eigenvalue weighted by molar-refractivity contribution is 5.88. The first-order valence-electron chi connectivity index (χ1n) is 12.9. The molecule has 0 unspecified atom stereocenters. The Morgan fingerprint density at radius 2 is 1.02 bits per heavy atom. The molecule has 218 valence electrons. The summed E-state index contributed by atoms with van der Waals surface area (Å²) in [6.45, 7) is 3.45. The summed E-state index contributed by atoms with van der Waals surface area (Å²) in [6, 6.07) is 14.8. The lowest BCUT2D eigenvalue weighted by atomic mass is 10.0. The number of aryl methyl sites for hydroxylation is 2. The molecule has 0 bridgehead atoms. The van der Waals surface area contributed by atoms with Crippen molar-refractivity contribution in [2.75, 3.05) is 0 Å². The van der Waals surface area contributed by atoms with E-state index in [1.165, 1.54) is 12.1 Å². The highest BCUT2D eigenvalue weighted by Crippen LogP contribution is 2.37. The maximum atomic E-state index is 13.6. The molecule has 5 aromatic rings. The summed E-state index contributed by atoms with van der Waals surface area (Å²) in [7, 11) is 0. The third-order valence-electron chi connectivity index (χ3n) is 6.97. The standard InChI is InChI=1S/C31H25F6N3O2/c1-17-3-7-24-20(5-9-26(41)28(24)38-17)15-40(16-21-6-10-27(42)29-25(21)8-4-18(2)39-29)14-19-11-22(30(32,33)34)13-23(12-19)31(35,36)37/h3-13,41-42H,14-16H2,1-2H3. The van der Waals surface area contributed by atoms with E-state index in [-0.39, 0.29) is 42.8 Å². The molecule has 0 amide bonds. The molecule has 0 spiro atoms. The Bertz CT molecular complexity index is 1680. The van der Waals surface area contributed by atoms with Crippen LogP contribution in [-0.4, -0.2) is 25.1 Å². The van der Waals surface area contributed by atoms with E-state index in [1.807, 2.05) is 0 Å². The molecular formula is C31H25F6N3O2. The van der Waals surface area contributed by atoms with Crippen molar-refractivity contribution < 1.29 is 36.6 Å². The molecule has 0 aliphatic carbocycles. The van der Waals surface area contributed by atoms with E-state index in [4.69, 9.17) is 0 Å². The van der Waals surface area contributed by atoms with Crippen molar-refractivity contribution in [3.05, 3.63) is 106 Å². The number of hydrogen-bond donors (Lipinski definition) is 2. The highest BCUT2D eigenvalue weighted by Gasteiger charge is 2.37. The van der Waals surface area contributed by atoms with Gasteiger partial charge in [0.1, 0.15) is 22.5 Å². The average molecular weight is 586 g/mol. The van der Waals surface area contributed by atoms with Crippen LogP contribution in [0.15, 0.2) is 66.7 Å². The summed E-state index contributed by atoms with van der Waals surface area (Å²) in [6.07, 6.45) is -9.96. The average Bonchev–Trinajstić information content (AvgIpc) is 2.91. The molecule has 11 heteroatoms. The molecule has 42 heavy (non-hydrogen) atoms. The molecule has 0 fully saturated rings.